The summed E-state index contributed by atoms with van der Waals surface area (Å²) in [5, 5.41) is 1.50. The van der Waals surface area contributed by atoms with E-state index in [0.717, 1.165) is 66.0 Å². The summed E-state index contributed by atoms with van der Waals surface area (Å²) >= 11 is 13.2. The number of likely N-dealkylation sites (tertiary alicyclic amines) is 1. The van der Waals surface area contributed by atoms with Crippen molar-refractivity contribution in [3.8, 4) is 0 Å². The van der Waals surface area contributed by atoms with Gasteiger partial charge < -0.3 is 9.47 Å². The number of benzene rings is 2. The number of rotatable bonds is 6. The summed E-state index contributed by atoms with van der Waals surface area (Å²) in [6.45, 7) is 5.30. The van der Waals surface area contributed by atoms with Gasteiger partial charge in [-0.25, -0.2) is 0 Å². The first-order valence-corrected chi connectivity index (χ1v) is 14.4. The van der Waals surface area contributed by atoms with Gasteiger partial charge in [-0.05, 0) is 73.7 Å². The van der Waals surface area contributed by atoms with E-state index in [4.69, 9.17) is 23.2 Å². The van der Waals surface area contributed by atoms with Crippen molar-refractivity contribution in [2.24, 2.45) is 0 Å². The van der Waals surface area contributed by atoms with Gasteiger partial charge in [0.05, 0.1) is 17.0 Å². The molecule has 6 nitrogen and oxygen atoms in total. The Labute approximate surface area is 236 Å². The summed E-state index contributed by atoms with van der Waals surface area (Å²) in [5.74, 6) is -0.261. The quantitative estimate of drug-likeness (QED) is 0.296. The molecule has 2 saturated heterocycles. The zero-order valence-electron chi connectivity index (χ0n) is 21.4. The van der Waals surface area contributed by atoms with Gasteiger partial charge in [0.15, 0.2) is 0 Å². The molecule has 0 bridgehead atoms. The molecule has 0 radical (unpaired) electrons. The molecule has 1 atom stereocenters. The molecule has 9 heteroatoms. The third-order valence-electron chi connectivity index (χ3n) is 7.33. The predicted octanol–water partition coefficient (Wildman–Crippen LogP) is 7.15. The van der Waals surface area contributed by atoms with Gasteiger partial charge in [0, 0.05) is 39.8 Å². The fraction of sp³-hybridized carbons (Fsp3) is 0.345. The molecular weight excluding hydrogens is 541 g/mol. The molecule has 38 heavy (non-hydrogen) atoms. The number of amides is 3. The smallest absolute Gasteiger partial charge is 0.293 e. The molecule has 0 spiro atoms. The lowest BCUT2D eigenvalue weighted by atomic mass is 10.0. The molecular formula is C29H29Cl2N3O3S. The second-order valence-electron chi connectivity index (χ2n) is 9.81. The van der Waals surface area contributed by atoms with Gasteiger partial charge in [0.1, 0.15) is 6.54 Å². The molecule has 0 saturated carbocycles. The van der Waals surface area contributed by atoms with Crippen LogP contribution in [0.15, 0.2) is 47.5 Å². The normalized spacial score (nSPS) is 19.3. The van der Waals surface area contributed by atoms with Gasteiger partial charge in [-0.2, -0.15) is 0 Å². The van der Waals surface area contributed by atoms with Gasteiger partial charge in [-0.3, -0.25) is 19.3 Å². The minimum atomic E-state index is -0.364. The highest BCUT2D eigenvalue weighted by Gasteiger charge is 2.35. The van der Waals surface area contributed by atoms with Crippen LogP contribution < -0.4 is 0 Å². The Hall–Kier alpha value is -2.74. The maximum atomic E-state index is 13.3. The first kappa shape index (κ1) is 26.9. The molecule has 0 N–H and O–H groups in total. The van der Waals surface area contributed by atoms with Crippen LogP contribution >= 0.6 is 35.0 Å². The first-order valence-electron chi connectivity index (χ1n) is 12.9. The Morgan fingerprint density at radius 1 is 1.13 bits per heavy atom. The molecule has 2 aliphatic rings. The number of aryl methyl sites for hydroxylation is 1. The van der Waals surface area contributed by atoms with Gasteiger partial charge in [-0.15, -0.1) is 0 Å². The SMILES string of the molecule is CCc1cccc2c(/C=C3\SC(=O)N(Cc4ccc(Cl)cc4Cl)C3=O)cn(CC(=O)N3CCCC[C@@H]3C)c12. The van der Waals surface area contributed by atoms with Crippen LogP contribution in [0, 0.1) is 0 Å². The number of carbonyl (C=O) groups is 3. The Bertz CT molecular complexity index is 1460. The van der Waals surface area contributed by atoms with Crippen molar-refractivity contribution in [2.75, 3.05) is 6.54 Å². The molecule has 3 heterocycles. The van der Waals surface area contributed by atoms with Gasteiger partial charge in [-0.1, -0.05) is 54.4 Å². The highest BCUT2D eigenvalue weighted by molar-refractivity contribution is 8.18. The number of aromatic nitrogens is 1. The van der Waals surface area contributed by atoms with Crippen LogP contribution in [0.2, 0.25) is 10.0 Å². The summed E-state index contributed by atoms with van der Waals surface area (Å²) in [6.07, 6.45) is 7.72. The average Bonchev–Trinajstić information content (AvgIpc) is 3.37. The van der Waals surface area contributed by atoms with E-state index >= 15 is 0 Å². The summed E-state index contributed by atoms with van der Waals surface area (Å²) in [6, 6.07) is 11.3. The largest absolute Gasteiger partial charge is 0.338 e. The van der Waals surface area contributed by atoms with Crippen molar-refractivity contribution >= 4 is 69.0 Å². The lowest BCUT2D eigenvalue weighted by molar-refractivity contribution is -0.135. The minimum Gasteiger partial charge on any atom is -0.338 e. The summed E-state index contributed by atoms with van der Waals surface area (Å²) in [4.78, 5) is 42.9. The van der Waals surface area contributed by atoms with E-state index in [2.05, 4.69) is 19.9 Å². The number of carbonyl (C=O) groups excluding carboxylic acids is 3. The van der Waals surface area contributed by atoms with Crippen LogP contribution in [0.4, 0.5) is 4.79 Å². The van der Waals surface area contributed by atoms with Crippen LogP contribution in [0.3, 0.4) is 0 Å². The van der Waals surface area contributed by atoms with Crippen LogP contribution in [-0.2, 0) is 29.1 Å². The predicted molar refractivity (Wildman–Crippen MR) is 154 cm³/mol. The Morgan fingerprint density at radius 2 is 1.95 bits per heavy atom. The fourth-order valence-electron chi connectivity index (χ4n) is 5.29. The molecule has 0 unspecified atom stereocenters. The van der Waals surface area contributed by atoms with E-state index in [0.29, 0.717) is 20.5 Å². The van der Waals surface area contributed by atoms with Crippen LogP contribution in [0.5, 0.6) is 0 Å². The minimum absolute atomic E-state index is 0.0717. The average molecular weight is 571 g/mol. The van der Waals surface area contributed by atoms with Crippen molar-refractivity contribution in [1.29, 1.82) is 0 Å². The second kappa shape index (κ2) is 11.2. The number of piperidine rings is 1. The third kappa shape index (κ3) is 5.24. The van der Waals surface area contributed by atoms with E-state index < -0.39 is 0 Å². The van der Waals surface area contributed by atoms with Crippen LogP contribution in [-0.4, -0.2) is 44.0 Å². The zero-order valence-corrected chi connectivity index (χ0v) is 23.7. The van der Waals surface area contributed by atoms with Gasteiger partial charge >= 0.3 is 0 Å². The van der Waals surface area contributed by atoms with Crippen molar-refractivity contribution in [1.82, 2.24) is 14.4 Å². The number of fused-ring (bicyclic) bond motifs is 1. The molecule has 2 fully saturated rings. The molecule has 0 aliphatic carbocycles. The fourth-order valence-corrected chi connectivity index (χ4v) is 6.59. The Kier molecular flexibility index (Phi) is 7.89. The summed E-state index contributed by atoms with van der Waals surface area (Å²) in [7, 11) is 0. The van der Waals surface area contributed by atoms with E-state index in [9.17, 15) is 14.4 Å². The molecule has 2 aromatic carbocycles. The van der Waals surface area contributed by atoms with Gasteiger partial charge in [0.25, 0.3) is 11.1 Å². The highest BCUT2D eigenvalue weighted by Crippen LogP contribution is 2.36. The van der Waals surface area contributed by atoms with Crippen molar-refractivity contribution in [2.45, 2.75) is 58.7 Å². The lowest BCUT2D eigenvalue weighted by Crippen LogP contribution is -2.43. The Balaban J connectivity index is 1.46. The van der Waals surface area contributed by atoms with Crippen molar-refractivity contribution in [3.05, 3.63) is 74.2 Å². The van der Waals surface area contributed by atoms with Crippen LogP contribution in [0.1, 0.15) is 49.8 Å². The maximum Gasteiger partial charge on any atom is 0.293 e. The molecule has 5 rings (SSSR count). The standard InChI is InChI=1S/C29H29Cl2N3O3S/c1-3-19-8-6-9-23-21(15-32(27(19)23)17-26(35)33-12-5-4-7-18(33)2)13-25-28(36)34(29(37)38-25)16-20-10-11-22(30)14-24(20)31/h6,8-11,13-15,18H,3-5,7,12,16-17H2,1-2H3/b25-13-/t18-/m0/s1. The van der Waals surface area contributed by atoms with Gasteiger partial charge in [0.2, 0.25) is 5.91 Å². The zero-order chi connectivity index (χ0) is 27.0. The molecule has 1 aromatic heterocycles. The highest BCUT2D eigenvalue weighted by atomic mass is 35.5. The number of para-hydroxylation sites is 1. The Morgan fingerprint density at radius 3 is 2.68 bits per heavy atom. The van der Waals surface area contributed by atoms with Crippen LogP contribution in [0.25, 0.3) is 17.0 Å². The molecule has 2 aliphatic heterocycles. The molecule has 3 amide bonds. The molecule has 198 valence electrons. The lowest BCUT2D eigenvalue weighted by Gasteiger charge is -2.33. The number of hydrogen-bond acceptors (Lipinski definition) is 4. The monoisotopic (exact) mass is 569 g/mol. The second-order valence-corrected chi connectivity index (χ2v) is 11.7. The van der Waals surface area contributed by atoms with E-state index in [1.807, 2.05) is 27.8 Å². The maximum absolute atomic E-state index is 13.3. The van der Waals surface area contributed by atoms with E-state index in [-0.39, 0.29) is 36.2 Å². The number of hydrogen-bond donors (Lipinski definition) is 0. The van der Waals surface area contributed by atoms with Crippen molar-refractivity contribution in [3.63, 3.8) is 0 Å². The number of thioether (sulfide) groups is 1. The molecule has 3 aromatic rings. The van der Waals surface area contributed by atoms with E-state index in [1.165, 1.54) is 4.90 Å². The topological polar surface area (TPSA) is 62.6 Å². The first-order chi connectivity index (χ1) is 18.3. The number of nitrogens with zero attached hydrogens (tertiary/aromatic N) is 3. The van der Waals surface area contributed by atoms with Crippen molar-refractivity contribution < 1.29 is 14.4 Å². The summed E-state index contributed by atoms with van der Waals surface area (Å²) in [5.41, 5.74) is 3.58. The van der Waals surface area contributed by atoms with E-state index in [1.54, 1.807) is 24.3 Å². The number of halogens is 2. The summed E-state index contributed by atoms with van der Waals surface area (Å²) < 4.78 is 2.00. The number of imide groups is 1. The third-order valence-corrected chi connectivity index (χ3v) is 8.82.